The smallest absolute Gasteiger partial charge is 0.338 e. The van der Waals surface area contributed by atoms with Crippen molar-refractivity contribution in [3.05, 3.63) is 65.2 Å². The quantitative estimate of drug-likeness (QED) is 0.891. The van der Waals surface area contributed by atoms with Gasteiger partial charge in [-0.3, -0.25) is 9.59 Å². The third kappa shape index (κ3) is 4.04. The predicted octanol–water partition coefficient (Wildman–Crippen LogP) is 4.08. The van der Waals surface area contributed by atoms with Crippen LogP contribution in [0.2, 0.25) is 0 Å². The van der Waals surface area contributed by atoms with E-state index in [0.717, 1.165) is 24.1 Å². The van der Waals surface area contributed by atoms with E-state index in [1.165, 1.54) is 12.1 Å². The number of carbonyl (C=O) groups excluding carboxylic acids is 2. The zero-order valence-electron chi connectivity index (χ0n) is 13.8. The van der Waals surface area contributed by atoms with Crippen LogP contribution in [0.1, 0.15) is 34.3 Å². The lowest BCUT2D eigenvalue weighted by Gasteiger charge is -2.16. The van der Waals surface area contributed by atoms with Crippen molar-refractivity contribution in [3.63, 3.8) is 0 Å². The lowest BCUT2D eigenvalue weighted by atomic mass is 10.1. The number of benzene rings is 2. The van der Waals surface area contributed by atoms with Gasteiger partial charge in [-0.15, -0.1) is 0 Å². The summed E-state index contributed by atoms with van der Waals surface area (Å²) in [6, 6.07) is 11.4. The van der Waals surface area contributed by atoms with Crippen LogP contribution in [0.15, 0.2) is 48.5 Å². The Bertz CT molecular complexity index is 834. The molecule has 1 saturated heterocycles. The number of anilines is 1. The van der Waals surface area contributed by atoms with Crippen molar-refractivity contribution in [1.82, 2.24) is 4.90 Å². The molecule has 0 atom stereocenters. The molecule has 2 aromatic rings. The van der Waals surface area contributed by atoms with Crippen molar-refractivity contribution in [1.29, 1.82) is 0 Å². The minimum Gasteiger partial charge on any atom is -0.338 e. The second kappa shape index (κ2) is 7.19. The van der Waals surface area contributed by atoms with E-state index in [2.05, 4.69) is 5.32 Å². The Labute approximate surface area is 148 Å². The number of nitrogens with zero attached hydrogens (tertiary/aromatic N) is 1. The van der Waals surface area contributed by atoms with Crippen LogP contribution in [0.5, 0.6) is 0 Å². The second-order valence-corrected chi connectivity index (χ2v) is 6.12. The Hall–Kier alpha value is -2.83. The van der Waals surface area contributed by atoms with Crippen molar-refractivity contribution in [3.8, 4) is 0 Å². The number of rotatable bonds is 4. The Morgan fingerprint density at radius 2 is 1.88 bits per heavy atom. The van der Waals surface area contributed by atoms with Gasteiger partial charge in [0.25, 0.3) is 5.91 Å². The molecule has 1 N–H and O–H groups in total. The highest BCUT2D eigenvalue weighted by Crippen LogP contribution is 2.32. The Morgan fingerprint density at radius 1 is 1.12 bits per heavy atom. The summed E-state index contributed by atoms with van der Waals surface area (Å²) < 4.78 is 39.2. The average Bonchev–Trinajstić information content (AvgIpc) is 2.99. The van der Waals surface area contributed by atoms with E-state index in [1.807, 2.05) is 6.07 Å². The van der Waals surface area contributed by atoms with Gasteiger partial charge in [0.2, 0.25) is 5.91 Å². The van der Waals surface area contributed by atoms with E-state index >= 15 is 0 Å². The molecule has 2 amide bonds. The second-order valence-electron chi connectivity index (χ2n) is 6.12. The van der Waals surface area contributed by atoms with Crippen LogP contribution in [0.3, 0.4) is 0 Å². The van der Waals surface area contributed by atoms with E-state index in [4.69, 9.17) is 0 Å². The first-order valence-electron chi connectivity index (χ1n) is 8.19. The first kappa shape index (κ1) is 18.0. The van der Waals surface area contributed by atoms with Gasteiger partial charge in [-0.25, -0.2) is 0 Å². The number of likely N-dealkylation sites (tertiary alicyclic amines) is 1. The first-order chi connectivity index (χ1) is 12.3. The van der Waals surface area contributed by atoms with Crippen LogP contribution in [0.25, 0.3) is 0 Å². The molecule has 0 radical (unpaired) electrons. The van der Waals surface area contributed by atoms with Crippen LogP contribution in [0.4, 0.5) is 18.9 Å². The molecule has 1 fully saturated rings. The van der Waals surface area contributed by atoms with Crippen LogP contribution in [-0.2, 0) is 17.5 Å². The number of amides is 2. The summed E-state index contributed by atoms with van der Waals surface area (Å²) in [5.74, 6) is -0.745. The maximum Gasteiger partial charge on any atom is 0.417 e. The van der Waals surface area contributed by atoms with Crippen LogP contribution in [-0.4, -0.2) is 23.3 Å². The molecule has 0 unspecified atom stereocenters. The highest BCUT2D eigenvalue weighted by atomic mass is 19.4. The minimum atomic E-state index is -4.61. The van der Waals surface area contributed by atoms with E-state index < -0.39 is 23.2 Å². The van der Waals surface area contributed by atoms with Gasteiger partial charge in [-0.2, -0.15) is 13.2 Å². The van der Waals surface area contributed by atoms with E-state index in [-0.39, 0.29) is 5.91 Å². The van der Waals surface area contributed by atoms with Gasteiger partial charge < -0.3 is 10.2 Å². The molecule has 0 bridgehead atoms. The van der Waals surface area contributed by atoms with Crippen molar-refractivity contribution < 1.29 is 22.8 Å². The third-order valence-corrected chi connectivity index (χ3v) is 4.21. The molecule has 1 heterocycles. The molecule has 4 nitrogen and oxygen atoms in total. The predicted molar refractivity (Wildman–Crippen MR) is 90.5 cm³/mol. The van der Waals surface area contributed by atoms with Gasteiger partial charge >= 0.3 is 6.18 Å². The molecule has 26 heavy (non-hydrogen) atoms. The number of hydrogen-bond acceptors (Lipinski definition) is 2. The highest BCUT2D eigenvalue weighted by Gasteiger charge is 2.34. The fourth-order valence-electron chi connectivity index (χ4n) is 2.97. The molecule has 136 valence electrons. The van der Waals surface area contributed by atoms with Gasteiger partial charge in [-0.1, -0.05) is 24.3 Å². The zero-order chi connectivity index (χ0) is 18.7. The molecule has 0 aromatic heterocycles. The third-order valence-electron chi connectivity index (χ3n) is 4.21. The maximum absolute atomic E-state index is 13.1. The topological polar surface area (TPSA) is 49.4 Å². The molecule has 0 saturated carbocycles. The Morgan fingerprint density at radius 3 is 2.58 bits per heavy atom. The molecular weight excluding hydrogens is 345 g/mol. The van der Waals surface area contributed by atoms with Crippen LogP contribution in [0, 0.1) is 0 Å². The number of nitrogens with one attached hydrogen (secondary N) is 1. The standard InChI is InChI=1S/C19H17F3N2O2/c20-19(21,22)16-8-2-1-7-15(16)18(26)23-14-6-3-5-13(11-14)12-24-10-4-9-17(24)25/h1-3,5-8,11H,4,9-10,12H2,(H,23,26). The van der Waals surface area contributed by atoms with E-state index in [0.29, 0.717) is 25.2 Å². The monoisotopic (exact) mass is 362 g/mol. The zero-order valence-corrected chi connectivity index (χ0v) is 13.8. The molecule has 3 rings (SSSR count). The normalized spacial score (nSPS) is 14.6. The molecule has 1 aliphatic rings. The minimum absolute atomic E-state index is 0.0820. The molecular formula is C19H17F3N2O2. The van der Waals surface area contributed by atoms with Crippen molar-refractivity contribution in [2.24, 2.45) is 0 Å². The Balaban J connectivity index is 1.76. The summed E-state index contributed by atoms with van der Waals surface area (Å²) in [4.78, 5) is 25.7. The molecule has 0 spiro atoms. The summed E-state index contributed by atoms with van der Waals surface area (Å²) in [5, 5.41) is 2.50. The van der Waals surface area contributed by atoms with Gasteiger partial charge in [0.1, 0.15) is 0 Å². The number of carbonyl (C=O) groups is 2. The largest absolute Gasteiger partial charge is 0.417 e. The first-order valence-corrected chi connectivity index (χ1v) is 8.19. The molecule has 0 aliphatic carbocycles. The van der Waals surface area contributed by atoms with Crippen molar-refractivity contribution >= 4 is 17.5 Å². The Kier molecular flexibility index (Phi) is 4.97. The fourth-order valence-corrected chi connectivity index (χ4v) is 2.97. The van der Waals surface area contributed by atoms with Gasteiger partial charge in [0.15, 0.2) is 0 Å². The van der Waals surface area contributed by atoms with Gasteiger partial charge in [0, 0.05) is 25.2 Å². The summed E-state index contributed by atoms with van der Waals surface area (Å²) in [5.41, 5.74) is -0.213. The average molecular weight is 362 g/mol. The summed E-state index contributed by atoms with van der Waals surface area (Å²) in [6.07, 6.45) is -3.25. The van der Waals surface area contributed by atoms with E-state index in [9.17, 15) is 22.8 Å². The van der Waals surface area contributed by atoms with Gasteiger partial charge in [0.05, 0.1) is 11.1 Å². The van der Waals surface area contributed by atoms with Crippen LogP contribution < -0.4 is 5.32 Å². The molecule has 1 aliphatic heterocycles. The highest BCUT2D eigenvalue weighted by molar-refractivity contribution is 6.05. The number of hydrogen-bond donors (Lipinski definition) is 1. The van der Waals surface area contributed by atoms with Gasteiger partial charge in [-0.05, 0) is 36.2 Å². The number of alkyl halides is 3. The van der Waals surface area contributed by atoms with Crippen LogP contribution >= 0.6 is 0 Å². The summed E-state index contributed by atoms with van der Waals surface area (Å²) in [7, 11) is 0. The SMILES string of the molecule is O=C(Nc1cccc(CN2CCCC2=O)c1)c1ccccc1C(F)(F)F. The lowest BCUT2D eigenvalue weighted by molar-refractivity contribution is -0.138. The molecule has 2 aromatic carbocycles. The fraction of sp³-hybridized carbons (Fsp3) is 0.263. The van der Waals surface area contributed by atoms with Crippen molar-refractivity contribution in [2.45, 2.75) is 25.6 Å². The van der Waals surface area contributed by atoms with Crippen molar-refractivity contribution in [2.75, 3.05) is 11.9 Å². The summed E-state index contributed by atoms with van der Waals surface area (Å²) in [6.45, 7) is 1.11. The summed E-state index contributed by atoms with van der Waals surface area (Å²) >= 11 is 0. The number of halogens is 3. The maximum atomic E-state index is 13.1. The lowest BCUT2D eigenvalue weighted by Crippen LogP contribution is -2.24. The van der Waals surface area contributed by atoms with E-state index in [1.54, 1.807) is 23.1 Å². The molecule has 7 heteroatoms.